The molecule has 0 amide bonds. The minimum Gasteiger partial charge on any atom is -0.0870 e. The topological polar surface area (TPSA) is 0 Å². The number of hydrogen-bond donors (Lipinski definition) is 0. The van der Waals surface area contributed by atoms with Gasteiger partial charge >= 0.3 is 0 Å². The van der Waals surface area contributed by atoms with Crippen LogP contribution in [0, 0.1) is 13.8 Å². The summed E-state index contributed by atoms with van der Waals surface area (Å²) in [4.78, 5) is 0. The molecule has 0 aliphatic rings. The molecule has 0 atom stereocenters. The van der Waals surface area contributed by atoms with Crippen molar-refractivity contribution in [2.45, 2.75) is 20.8 Å². The number of aryl methyl sites for hydroxylation is 1. The largest absolute Gasteiger partial charge is 0.0870 e. The van der Waals surface area contributed by atoms with Crippen molar-refractivity contribution in [3.8, 4) is 0 Å². The van der Waals surface area contributed by atoms with Crippen molar-refractivity contribution in [3.63, 3.8) is 0 Å². The Balaban J connectivity index is 3.32. The van der Waals surface area contributed by atoms with Crippen LogP contribution in [0.2, 0.25) is 5.02 Å². The van der Waals surface area contributed by atoms with Gasteiger partial charge in [0.25, 0.3) is 0 Å². The molecule has 0 heterocycles. The van der Waals surface area contributed by atoms with Crippen molar-refractivity contribution < 1.29 is 0 Å². The molecule has 1 rings (SSSR count). The lowest BCUT2D eigenvalue weighted by Crippen LogP contribution is -1.86. The van der Waals surface area contributed by atoms with Crippen molar-refractivity contribution in [2.24, 2.45) is 0 Å². The van der Waals surface area contributed by atoms with Gasteiger partial charge in [0.05, 0.1) is 0 Å². The Morgan fingerprint density at radius 1 is 1.25 bits per heavy atom. The fraction of sp³-hybridized carbons (Fsp3) is 0.273. The molecule has 0 N–H and O–H groups in total. The number of allylic oxidation sites excluding steroid dienone is 1. The van der Waals surface area contributed by atoms with Crippen LogP contribution in [0.4, 0.5) is 0 Å². The van der Waals surface area contributed by atoms with Crippen molar-refractivity contribution in [1.29, 1.82) is 0 Å². The molecule has 1 aromatic rings. The second-order valence-corrected chi connectivity index (χ2v) is 3.31. The molecule has 1 aromatic carbocycles. The van der Waals surface area contributed by atoms with Gasteiger partial charge in [-0.2, -0.15) is 0 Å². The SMILES string of the molecule is C/C=C\c1c(Cl)ccc(C)c1C. The zero-order chi connectivity index (χ0) is 9.14. The van der Waals surface area contributed by atoms with Gasteiger partial charge in [-0.15, -0.1) is 0 Å². The summed E-state index contributed by atoms with van der Waals surface area (Å²) >= 11 is 6.03. The van der Waals surface area contributed by atoms with Gasteiger partial charge < -0.3 is 0 Å². The molecule has 0 aliphatic carbocycles. The maximum absolute atomic E-state index is 6.03. The van der Waals surface area contributed by atoms with E-state index < -0.39 is 0 Å². The first-order valence-corrected chi connectivity index (χ1v) is 4.43. The monoisotopic (exact) mass is 180 g/mol. The van der Waals surface area contributed by atoms with Gasteiger partial charge in [0, 0.05) is 5.02 Å². The number of benzene rings is 1. The number of rotatable bonds is 1. The van der Waals surface area contributed by atoms with Gasteiger partial charge in [-0.05, 0) is 43.5 Å². The molecular formula is C11H13Cl. The summed E-state index contributed by atoms with van der Waals surface area (Å²) in [7, 11) is 0. The minimum atomic E-state index is 0.830. The first-order chi connectivity index (χ1) is 5.66. The second kappa shape index (κ2) is 3.77. The first-order valence-electron chi connectivity index (χ1n) is 4.05. The Bertz CT molecular complexity index is 311. The summed E-state index contributed by atoms with van der Waals surface area (Å²) in [6, 6.07) is 3.99. The Morgan fingerprint density at radius 3 is 2.50 bits per heavy atom. The minimum absolute atomic E-state index is 0.830. The highest BCUT2D eigenvalue weighted by Crippen LogP contribution is 2.23. The quantitative estimate of drug-likeness (QED) is 0.613. The van der Waals surface area contributed by atoms with E-state index in [1.165, 1.54) is 11.1 Å². The predicted molar refractivity (Wildman–Crippen MR) is 55.6 cm³/mol. The Hall–Kier alpha value is -0.750. The fourth-order valence-electron chi connectivity index (χ4n) is 1.18. The lowest BCUT2D eigenvalue weighted by atomic mass is 10.0. The second-order valence-electron chi connectivity index (χ2n) is 2.90. The zero-order valence-corrected chi connectivity index (χ0v) is 8.44. The van der Waals surface area contributed by atoms with Crippen molar-refractivity contribution in [3.05, 3.63) is 39.9 Å². The number of hydrogen-bond acceptors (Lipinski definition) is 0. The van der Waals surface area contributed by atoms with Gasteiger partial charge in [-0.1, -0.05) is 29.8 Å². The van der Waals surface area contributed by atoms with Gasteiger partial charge in [0.1, 0.15) is 0 Å². The van der Waals surface area contributed by atoms with Crippen LogP contribution >= 0.6 is 11.6 Å². The number of halogens is 1. The van der Waals surface area contributed by atoms with Crippen LogP contribution in [-0.4, -0.2) is 0 Å². The van der Waals surface area contributed by atoms with Crippen molar-refractivity contribution in [2.75, 3.05) is 0 Å². The fourth-order valence-corrected chi connectivity index (χ4v) is 1.44. The normalized spacial score (nSPS) is 11.0. The van der Waals surface area contributed by atoms with Gasteiger partial charge in [0.15, 0.2) is 0 Å². The van der Waals surface area contributed by atoms with E-state index in [-0.39, 0.29) is 0 Å². The standard InChI is InChI=1S/C11H13Cl/c1-4-5-10-9(3)8(2)6-7-11(10)12/h4-7H,1-3H3/b5-4-. The van der Waals surface area contributed by atoms with Crippen LogP contribution in [0.15, 0.2) is 18.2 Å². The van der Waals surface area contributed by atoms with E-state index in [2.05, 4.69) is 13.8 Å². The van der Waals surface area contributed by atoms with Gasteiger partial charge in [-0.25, -0.2) is 0 Å². The summed E-state index contributed by atoms with van der Waals surface area (Å²) in [5.41, 5.74) is 3.69. The molecule has 0 nitrogen and oxygen atoms in total. The van der Waals surface area contributed by atoms with Crippen molar-refractivity contribution >= 4 is 17.7 Å². The smallest absolute Gasteiger partial charge is 0.0481 e. The van der Waals surface area contributed by atoms with E-state index in [1.807, 2.05) is 31.2 Å². The molecule has 1 heteroatoms. The predicted octanol–water partition coefficient (Wildman–Crippen LogP) is 3.99. The Morgan fingerprint density at radius 2 is 1.92 bits per heavy atom. The molecule has 0 unspecified atom stereocenters. The van der Waals surface area contributed by atoms with Crippen LogP contribution in [0.25, 0.3) is 6.08 Å². The van der Waals surface area contributed by atoms with E-state index in [9.17, 15) is 0 Å². The highest BCUT2D eigenvalue weighted by Gasteiger charge is 2.01. The maximum atomic E-state index is 6.03. The molecule has 0 fully saturated rings. The van der Waals surface area contributed by atoms with E-state index in [4.69, 9.17) is 11.6 Å². The van der Waals surface area contributed by atoms with Gasteiger partial charge in [-0.3, -0.25) is 0 Å². The third-order valence-electron chi connectivity index (χ3n) is 2.07. The highest BCUT2D eigenvalue weighted by atomic mass is 35.5. The van der Waals surface area contributed by atoms with E-state index >= 15 is 0 Å². The van der Waals surface area contributed by atoms with E-state index in [1.54, 1.807) is 0 Å². The average molecular weight is 181 g/mol. The van der Waals surface area contributed by atoms with Crippen LogP contribution in [0.5, 0.6) is 0 Å². The van der Waals surface area contributed by atoms with Gasteiger partial charge in [0.2, 0.25) is 0 Å². The average Bonchev–Trinajstić information content (AvgIpc) is 2.06. The third kappa shape index (κ3) is 1.70. The summed E-state index contributed by atoms with van der Waals surface area (Å²) in [6.07, 6.45) is 4.05. The highest BCUT2D eigenvalue weighted by molar-refractivity contribution is 6.32. The Labute approximate surface area is 78.9 Å². The lowest BCUT2D eigenvalue weighted by molar-refractivity contribution is 1.32. The van der Waals surface area contributed by atoms with Crippen LogP contribution in [-0.2, 0) is 0 Å². The van der Waals surface area contributed by atoms with Crippen molar-refractivity contribution in [1.82, 2.24) is 0 Å². The molecule has 0 saturated heterocycles. The zero-order valence-electron chi connectivity index (χ0n) is 7.69. The third-order valence-corrected chi connectivity index (χ3v) is 2.40. The lowest BCUT2D eigenvalue weighted by Gasteiger charge is -2.06. The molecule has 64 valence electrons. The Kier molecular flexibility index (Phi) is 2.93. The van der Waals surface area contributed by atoms with E-state index in [0.717, 1.165) is 10.6 Å². The summed E-state index contributed by atoms with van der Waals surface area (Å²) in [5.74, 6) is 0. The molecule has 12 heavy (non-hydrogen) atoms. The summed E-state index contributed by atoms with van der Waals surface area (Å²) < 4.78 is 0. The summed E-state index contributed by atoms with van der Waals surface area (Å²) in [6.45, 7) is 6.19. The molecular weight excluding hydrogens is 168 g/mol. The molecule has 0 bridgehead atoms. The van der Waals surface area contributed by atoms with E-state index in [0.29, 0.717) is 0 Å². The molecule has 0 radical (unpaired) electrons. The van der Waals surface area contributed by atoms with Crippen LogP contribution in [0.3, 0.4) is 0 Å². The first kappa shape index (κ1) is 9.34. The maximum Gasteiger partial charge on any atom is 0.0481 e. The van der Waals surface area contributed by atoms with Crippen LogP contribution in [0.1, 0.15) is 23.6 Å². The molecule has 0 aromatic heterocycles. The van der Waals surface area contributed by atoms with Crippen LogP contribution < -0.4 is 0 Å². The summed E-state index contributed by atoms with van der Waals surface area (Å²) in [5, 5.41) is 0.830. The molecule has 0 saturated carbocycles. The molecule has 0 spiro atoms. The molecule has 0 aliphatic heterocycles.